The molecule has 0 radical (unpaired) electrons. The van der Waals surface area contributed by atoms with Gasteiger partial charge in [-0.2, -0.15) is 23.5 Å². The van der Waals surface area contributed by atoms with E-state index in [-0.39, 0.29) is 0 Å². The summed E-state index contributed by atoms with van der Waals surface area (Å²) in [5.74, 6) is 3.59. The summed E-state index contributed by atoms with van der Waals surface area (Å²) in [6.07, 6.45) is 9.89. The van der Waals surface area contributed by atoms with Gasteiger partial charge in [0.2, 0.25) is 0 Å². The van der Waals surface area contributed by atoms with Crippen molar-refractivity contribution in [2.45, 2.75) is 64.5 Å². The Labute approximate surface area is 162 Å². The van der Waals surface area contributed by atoms with Crippen LogP contribution in [0.15, 0.2) is 30.9 Å². The van der Waals surface area contributed by atoms with E-state index < -0.39 is 0 Å². The van der Waals surface area contributed by atoms with Gasteiger partial charge in [-0.15, -0.1) is 0 Å². The van der Waals surface area contributed by atoms with E-state index in [1.54, 1.807) is 0 Å². The highest BCUT2D eigenvalue weighted by atomic mass is 32.2. The molecule has 0 aliphatic rings. The first-order valence-corrected chi connectivity index (χ1v) is 11.5. The van der Waals surface area contributed by atoms with Crippen LogP contribution in [0, 0.1) is 20.8 Å². The van der Waals surface area contributed by atoms with E-state index in [9.17, 15) is 0 Å². The summed E-state index contributed by atoms with van der Waals surface area (Å²) in [7, 11) is 0. The van der Waals surface area contributed by atoms with E-state index in [1.165, 1.54) is 53.0 Å². The molecule has 138 valence electrons. The van der Waals surface area contributed by atoms with Crippen molar-refractivity contribution < 1.29 is 0 Å². The second-order valence-electron chi connectivity index (χ2n) is 6.85. The number of benzene rings is 1. The monoisotopic (exact) mass is 376 g/mol. The molecule has 2 rings (SSSR count). The normalized spacial score (nSPS) is 12.5. The lowest BCUT2D eigenvalue weighted by molar-refractivity contribution is 0.693. The molecule has 0 aliphatic heterocycles. The zero-order valence-electron chi connectivity index (χ0n) is 16.1. The molecule has 1 aromatic heterocycles. The summed E-state index contributed by atoms with van der Waals surface area (Å²) in [6, 6.07) is 4.62. The smallest absolute Gasteiger partial charge is 0.0946 e. The highest BCUT2D eigenvalue weighted by Crippen LogP contribution is 2.26. The summed E-state index contributed by atoms with van der Waals surface area (Å²) in [5, 5.41) is 0.655. The quantitative estimate of drug-likeness (QED) is 0.446. The molecule has 1 unspecified atom stereocenters. The molecule has 2 aromatic rings. The van der Waals surface area contributed by atoms with E-state index in [2.05, 4.69) is 79.1 Å². The summed E-state index contributed by atoms with van der Waals surface area (Å²) in [6.45, 7) is 10.0. The first-order valence-electron chi connectivity index (χ1n) is 9.32. The van der Waals surface area contributed by atoms with Crippen LogP contribution in [0.2, 0.25) is 0 Å². The molecular weight excluding hydrogens is 344 g/mol. The third-order valence-electron chi connectivity index (χ3n) is 4.47. The fourth-order valence-corrected chi connectivity index (χ4v) is 5.92. The summed E-state index contributed by atoms with van der Waals surface area (Å²) < 4.78 is 2.22. The maximum Gasteiger partial charge on any atom is 0.0946 e. The third-order valence-corrected chi connectivity index (χ3v) is 7.12. The SMILES string of the molecule is CCCCCSC(CSCc1c(C)cc(C)cc1C)Cn1ccnc1. The van der Waals surface area contributed by atoms with Gasteiger partial charge in [0, 0.05) is 35.7 Å². The van der Waals surface area contributed by atoms with Crippen LogP contribution in [0.3, 0.4) is 0 Å². The topological polar surface area (TPSA) is 17.8 Å². The highest BCUT2D eigenvalue weighted by Gasteiger charge is 2.12. The van der Waals surface area contributed by atoms with Gasteiger partial charge in [-0.1, -0.05) is 37.5 Å². The molecule has 4 heteroatoms. The standard InChI is InChI=1S/C21H32N2S2/c1-5-6-7-10-25-20(13-23-9-8-22-16-23)14-24-15-21-18(3)11-17(2)12-19(21)4/h8-9,11-12,16,20H,5-7,10,13-15H2,1-4H3. The Hall–Kier alpha value is -0.870. The Morgan fingerprint density at radius 3 is 2.52 bits per heavy atom. The highest BCUT2D eigenvalue weighted by molar-refractivity contribution is 8.03. The van der Waals surface area contributed by atoms with Crippen LogP contribution in [0.4, 0.5) is 0 Å². The molecule has 0 amide bonds. The zero-order chi connectivity index (χ0) is 18.1. The Morgan fingerprint density at radius 1 is 1.12 bits per heavy atom. The van der Waals surface area contributed by atoms with Crippen LogP contribution in [0.1, 0.15) is 48.4 Å². The molecule has 0 aliphatic carbocycles. The second-order valence-corrected chi connectivity index (χ2v) is 9.29. The molecule has 0 spiro atoms. The van der Waals surface area contributed by atoms with Crippen molar-refractivity contribution >= 4 is 23.5 Å². The number of aromatic nitrogens is 2. The van der Waals surface area contributed by atoms with E-state index in [0.717, 1.165) is 12.3 Å². The van der Waals surface area contributed by atoms with Crippen LogP contribution in [0.5, 0.6) is 0 Å². The predicted molar refractivity (Wildman–Crippen MR) is 115 cm³/mol. The van der Waals surface area contributed by atoms with Crippen molar-refractivity contribution in [2.24, 2.45) is 0 Å². The summed E-state index contributed by atoms with van der Waals surface area (Å²) >= 11 is 4.22. The number of aryl methyl sites for hydroxylation is 3. The zero-order valence-corrected chi connectivity index (χ0v) is 17.8. The number of thioether (sulfide) groups is 2. The first kappa shape index (κ1) is 20.4. The Morgan fingerprint density at radius 2 is 1.88 bits per heavy atom. The minimum atomic E-state index is 0.655. The lowest BCUT2D eigenvalue weighted by atomic mass is 10.0. The number of unbranched alkanes of at least 4 members (excludes halogenated alkanes) is 2. The van der Waals surface area contributed by atoms with Gasteiger partial charge in [-0.3, -0.25) is 0 Å². The minimum absolute atomic E-state index is 0.655. The van der Waals surface area contributed by atoms with Crippen LogP contribution in [-0.2, 0) is 12.3 Å². The third kappa shape index (κ3) is 7.10. The molecule has 0 N–H and O–H groups in total. The number of nitrogens with zero attached hydrogens (tertiary/aromatic N) is 2. The van der Waals surface area contributed by atoms with E-state index in [4.69, 9.17) is 0 Å². The van der Waals surface area contributed by atoms with Crippen molar-refractivity contribution in [3.8, 4) is 0 Å². The van der Waals surface area contributed by atoms with Gasteiger partial charge in [0.1, 0.15) is 0 Å². The van der Waals surface area contributed by atoms with Gasteiger partial charge in [-0.05, 0) is 49.6 Å². The number of rotatable bonds is 11. The maximum atomic E-state index is 4.19. The van der Waals surface area contributed by atoms with Gasteiger partial charge in [0.25, 0.3) is 0 Å². The van der Waals surface area contributed by atoms with Crippen LogP contribution in [-0.4, -0.2) is 26.3 Å². The van der Waals surface area contributed by atoms with E-state index >= 15 is 0 Å². The van der Waals surface area contributed by atoms with Gasteiger partial charge < -0.3 is 4.57 Å². The fourth-order valence-electron chi connectivity index (χ4n) is 3.12. The number of hydrogen-bond donors (Lipinski definition) is 0. The molecule has 1 heterocycles. The molecule has 0 fully saturated rings. The number of hydrogen-bond acceptors (Lipinski definition) is 3. The largest absolute Gasteiger partial charge is 0.336 e. The minimum Gasteiger partial charge on any atom is -0.336 e. The van der Waals surface area contributed by atoms with Crippen molar-refractivity contribution in [2.75, 3.05) is 11.5 Å². The molecular formula is C21H32N2S2. The molecule has 0 saturated heterocycles. The van der Waals surface area contributed by atoms with Crippen molar-refractivity contribution in [3.05, 3.63) is 53.1 Å². The number of imidazole rings is 1. The van der Waals surface area contributed by atoms with Crippen LogP contribution < -0.4 is 0 Å². The molecule has 0 saturated carbocycles. The molecule has 1 aromatic carbocycles. The van der Waals surface area contributed by atoms with Crippen LogP contribution in [0.25, 0.3) is 0 Å². The molecule has 25 heavy (non-hydrogen) atoms. The first-order chi connectivity index (χ1) is 12.1. The molecule has 2 nitrogen and oxygen atoms in total. The lowest BCUT2D eigenvalue weighted by Crippen LogP contribution is -2.16. The summed E-state index contributed by atoms with van der Waals surface area (Å²) in [5.41, 5.74) is 5.76. The predicted octanol–water partition coefficient (Wildman–Crippen LogP) is 6.03. The van der Waals surface area contributed by atoms with Gasteiger partial charge >= 0.3 is 0 Å². The average Bonchev–Trinajstić information content (AvgIpc) is 3.06. The van der Waals surface area contributed by atoms with Crippen molar-refractivity contribution in [3.63, 3.8) is 0 Å². The van der Waals surface area contributed by atoms with Crippen molar-refractivity contribution in [1.82, 2.24) is 9.55 Å². The molecule has 0 bridgehead atoms. The van der Waals surface area contributed by atoms with Gasteiger partial charge in [0.05, 0.1) is 6.33 Å². The Balaban J connectivity index is 1.87. The van der Waals surface area contributed by atoms with E-state index in [1.807, 2.05) is 12.5 Å². The second kappa shape index (κ2) is 11.0. The maximum absolute atomic E-state index is 4.19. The Bertz CT molecular complexity index is 600. The average molecular weight is 377 g/mol. The Kier molecular flexibility index (Phi) is 8.97. The summed E-state index contributed by atoms with van der Waals surface area (Å²) in [4.78, 5) is 4.19. The van der Waals surface area contributed by atoms with Crippen molar-refractivity contribution in [1.29, 1.82) is 0 Å². The van der Waals surface area contributed by atoms with Gasteiger partial charge in [-0.25, -0.2) is 4.98 Å². The lowest BCUT2D eigenvalue weighted by Gasteiger charge is -2.18. The van der Waals surface area contributed by atoms with E-state index in [0.29, 0.717) is 5.25 Å². The fraction of sp³-hybridized carbons (Fsp3) is 0.571. The van der Waals surface area contributed by atoms with Gasteiger partial charge in [0.15, 0.2) is 0 Å². The van der Waals surface area contributed by atoms with Crippen LogP contribution >= 0.6 is 23.5 Å². The molecule has 1 atom stereocenters.